The fourth-order valence-electron chi connectivity index (χ4n) is 2.12. The topological polar surface area (TPSA) is 60.2 Å². The summed E-state index contributed by atoms with van der Waals surface area (Å²) in [5, 5.41) is 14.3. The Morgan fingerprint density at radius 2 is 2.11 bits per heavy atom. The van der Waals surface area contributed by atoms with Crippen molar-refractivity contribution in [1.82, 2.24) is 14.8 Å². The van der Waals surface area contributed by atoms with Gasteiger partial charge in [-0.05, 0) is 18.6 Å². The highest BCUT2D eigenvalue weighted by molar-refractivity contribution is 5.33. The summed E-state index contributed by atoms with van der Waals surface area (Å²) < 4.78 is 7.08. The van der Waals surface area contributed by atoms with E-state index in [1.807, 2.05) is 31.2 Å². The van der Waals surface area contributed by atoms with Crippen molar-refractivity contribution >= 4 is 0 Å². The van der Waals surface area contributed by atoms with Crippen molar-refractivity contribution in [2.45, 2.75) is 32.4 Å². The Hall–Kier alpha value is -1.88. The summed E-state index contributed by atoms with van der Waals surface area (Å²) in [4.78, 5) is 4.17. The third kappa shape index (κ3) is 3.32. The number of rotatable bonds is 6. The van der Waals surface area contributed by atoms with E-state index in [1.54, 1.807) is 11.8 Å². The van der Waals surface area contributed by atoms with Crippen molar-refractivity contribution in [3.05, 3.63) is 42.0 Å². The number of methoxy groups -OCH3 is 1. The van der Waals surface area contributed by atoms with Crippen LogP contribution in [0.4, 0.5) is 0 Å². The van der Waals surface area contributed by atoms with E-state index in [2.05, 4.69) is 10.1 Å². The standard InChI is InChI=1S/C14H19N3O2/c1-3-17-14(15-10-16-17)9-12(18)8-11-6-4-5-7-13(11)19-2/h4-7,10,12,18H,3,8-9H2,1-2H3. The maximum Gasteiger partial charge on any atom is 0.138 e. The minimum atomic E-state index is -0.495. The molecule has 0 saturated carbocycles. The molecule has 0 aliphatic heterocycles. The molecule has 1 N–H and O–H groups in total. The number of aliphatic hydroxyl groups excluding tert-OH is 1. The number of benzene rings is 1. The minimum Gasteiger partial charge on any atom is -0.496 e. The Balaban J connectivity index is 2.03. The summed E-state index contributed by atoms with van der Waals surface area (Å²) in [6.07, 6.45) is 2.06. The van der Waals surface area contributed by atoms with Gasteiger partial charge in [0.25, 0.3) is 0 Å². The molecule has 2 rings (SSSR count). The van der Waals surface area contributed by atoms with E-state index in [9.17, 15) is 5.11 Å². The Bertz CT molecular complexity index is 525. The average Bonchev–Trinajstić information content (AvgIpc) is 2.86. The molecule has 0 radical (unpaired) electrons. The van der Waals surface area contributed by atoms with E-state index in [4.69, 9.17) is 4.74 Å². The lowest BCUT2D eigenvalue weighted by atomic mass is 10.0. The molecule has 5 heteroatoms. The average molecular weight is 261 g/mol. The summed E-state index contributed by atoms with van der Waals surface area (Å²) in [5.41, 5.74) is 1.00. The van der Waals surface area contributed by atoms with E-state index in [1.165, 1.54) is 6.33 Å². The fraction of sp³-hybridized carbons (Fsp3) is 0.429. The van der Waals surface area contributed by atoms with Crippen molar-refractivity contribution in [3.8, 4) is 5.75 Å². The summed E-state index contributed by atoms with van der Waals surface area (Å²) in [6, 6.07) is 7.73. The maximum atomic E-state index is 10.2. The van der Waals surface area contributed by atoms with Crippen LogP contribution < -0.4 is 4.74 Å². The first-order valence-electron chi connectivity index (χ1n) is 6.41. The molecule has 1 unspecified atom stereocenters. The van der Waals surface area contributed by atoms with E-state index >= 15 is 0 Å². The molecule has 0 aliphatic rings. The van der Waals surface area contributed by atoms with Crippen LogP contribution in [-0.2, 0) is 19.4 Å². The largest absolute Gasteiger partial charge is 0.496 e. The van der Waals surface area contributed by atoms with E-state index in [-0.39, 0.29) is 0 Å². The van der Waals surface area contributed by atoms with Crippen molar-refractivity contribution in [1.29, 1.82) is 0 Å². The second-order valence-corrected chi connectivity index (χ2v) is 4.37. The summed E-state index contributed by atoms with van der Waals surface area (Å²) in [7, 11) is 1.64. The molecule has 0 saturated heterocycles. The molecule has 1 atom stereocenters. The van der Waals surface area contributed by atoms with Crippen molar-refractivity contribution in [3.63, 3.8) is 0 Å². The smallest absolute Gasteiger partial charge is 0.138 e. The molecular formula is C14H19N3O2. The molecule has 1 aromatic heterocycles. The summed E-state index contributed by atoms with van der Waals surface area (Å²) >= 11 is 0. The fourth-order valence-corrected chi connectivity index (χ4v) is 2.12. The predicted molar refractivity (Wildman–Crippen MR) is 72.1 cm³/mol. The molecule has 0 bridgehead atoms. The molecule has 19 heavy (non-hydrogen) atoms. The second-order valence-electron chi connectivity index (χ2n) is 4.37. The Labute approximate surface area is 112 Å². The number of aliphatic hydroxyl groups is 1. The van der Waals surface area contributed by atoms with Crippen molar-refractivity contribution in [2.24, 2.45) is 0 Å². The van der Waals surface area contributed by atoms with Crippen LogP contribution in [0.3, 0.4) is 0 Å². The van der Waals surface area contributed by atoms with Crippen LogP contribution in [0.1, 0.15) is 18.3 Å². The lowest BCUT2D eigenvalue weighted by molar-refractivity contribution is 0.170. The summed E-state index contributed by atoms with van der Waals surface area (Å²) in [6.45, 7) is 2.77. The number of nitrogens with zero attached hydrogens (tertiary/aromatic N) is 3. The number of ether oxygens (including phenoxy) is 1. The van der Waals surface area contributed by atoms with Crippen molar-refractivity contribution < 1.29 is 9.84 Å². The van der Waals surface area contributed by atoms with Gasteiger partial charge in [-0.3, -0.25) is 4.68 Å². The normalized spacial score (nSPS) is 12.4. The molecule has 0 amide bonds. The minimum absolute atomic E-state index is 0.492. The zero-order chi connectivity index (χ0) is 13.7. The first-order valence-corrected chi connectivity index (χ1v) is 6.41. The number of hydrogen-bond acceptors (Lipinski definition) is 4. The number of hydrogen-bond donors (Lipinski definition) is 1. The van der Waals surface area contributed by atoms with E-state index in [0.29, 0.717) is 12.8 Å². The number of aryl methyl sites for hydroxylation is 1. The summed E-state index contributed by atoms with van der Waals surface area (Å²) in [5.74, 6) is 1.61. The van der Waals surface area contributed by atoms with Gasteiger partial charge in [0, 0.05) is 19.4 Å². The molecule has 1 aromatic carbocycles. The van der Waals surface area contributed by atoms with Gasteiger partial charge in [-0.15, -0.1) is 0 Å². The van der Waals surface area contributed by atoms with E-state index < -0.39 is 6.10 Å². The predicted octanol–water partition coefficient (Wildman–Crippen LogP) is 1.45. The zero-order valence-corrected chi connectivity index (χ0v) is 11.3. The van der Waals surface area contributed by atoms with Gasteiger partial charge >= 0.3 is 0 Å². The Morgan fingerprint density at radius 3 is 2.84 bits per heavy atom. The lowest BCUT2D eigenvalue weighted by Crippen LogP contribution is -2.18. The first kappa shape index (κ1) is 13.5. The van der Waals surface area contributed by atoms with Crippen LogP contribution in [-0.4, -0.2) is 33.1 Å². The highest BCUT2D eigenvalue weighted by atomic mass is 16.5. The highest BCUT2D eigenvalue weighted by Gasteiger charge is 2.13. The van der Waals surface area contributed by atoms with Gasteiger partial charge in [-0.25, -0.2) is 4.98 Å². The Morgan fingerprint density at radius 1 is 1.32 bits per heavy atom. The number of aromatic nitrogens is 3. The molecule has 2 aromatic rings. The van der Waals surface area contributed by atoms with Crippen LogP contribution in [0.2, 0.25) is 0 Å². The second kappa shape index (κ2) is 6.33. The van der Waals surface area contributed by atoms with E-state index in [0.717, 1.165) is 23.7 Å². The molecule has 0 spiro atoms. The maximum absolute atomic E-state index is 10.2. The molecule has 0 fully saturated rings. The van der Waals surface area contributed by atoms with Crippen LogP contribution in [0.25, 0.3) is 0 Å². The number of para-hydroxylation sites is 1. The molecule has 1 heterocycles. The van der Waals surface area contributed by atoms with Gasteiger partial charge in [-0.1, -0.05) is 18.2 Å². The van der Waals surface area contributed by atoms with Gasteiger partial charge in [0.05, 0.1) is 13.2 Å². The molecule has 0 aliphatic carbocycles. The Kier molecular flexibility index (Phi) is 4.52. The monoisotopic (exact) mass is 261 g/mol. The van der Waals surface area contributed by atoms with Gasteiger partial charge in [0.15, 0.2) is 0 Å². The molecule has 5 nitrogen and oxygen atoms in total. The van der Waals surface area contributed by atoms with Gasteiger partial charge in [0.2, 0.25) is 0 Å². The van der Waals surface area contributed by atoms with Crippen LogP contribution >= 0.6 is 0 Å². The van der Waals surface area contributed by atoms with Crippen molar-refractivity contribution in [2.75, 3.05) is 7.11 Å². The third-order valence-corrected chi connectivity index (χ3v) is 3.06. The highest BCUT2D eigenvalue weighted by Crippen LogP contribution is 2.19. The lowest BCUT2D eigenvalue weighted by Gasteiger charge is -2.13. The van der Waals surface area contributed by atoms with Gasteiger partial charge in [-0.2, -0.15) is 5.10 Å². The first-order chi connectivity index (χ1) is 9.24. The SMILES string of the molecule is CCn1ncnc1CC(O)Cc1ccccc1OC. The van der Waals surface area contributed by atoms with Crippen LogP contribution in [0.5, 0.6) is 5.75 Å². The molecular weight excluding hydrogens is 242 g/mol. The third-order valence-electron chi connectivity index (χ3n) is 3.06. The van der Waals surface area contributed by atoms with Gasteiger partial charge in [0.1, 0.15) is 17.9 Å². The molecule has 102 valence electrons. The zero-order valence-electron chi connectivity index (χ0n) is 11.3. The van der Waals surface area contributed by atoms with Crippen LogP contribution in [0.15, 0.2) is 30.6 Å². The quantitative estimate of drug-likeness (QED) is 0.855. The van der Waals surface area contributed by atoms with Gasteiger partial charge < -0.3 is 9.84 Å². The van der Waals surface area contributed by atoms with Crippen LogP contribution in [0, 0.1) is 0 Å².